The van der Waals surface area contributed by atoms with Crippen LogP contribution in [-0.2, 0) is 9.53 Å². The zero-order valence-electron chi connectivity index (χ0n) is 12.2. The monoisotopic (exact) mass is 322 g/mol. The quantitative estimate of drug-likeness (QED) is 0.847. The predicted octanol–water partition coefficient (Wildman–Crippen LogP) is 2.63. The number of ether oxygens (including phenoxy) is 2. The number of carbonyl (C=O) groups excluding carboxylic acids is 1. The first-order valence-electron chi connectivity index (χ1n) is 7.52. The third-order valence-electron chi connectivity index (χ3n) is 4.25. The van der Waals surface area contributed by atoms with E-state index in [0.29, 0.717) is 17.2 Å². The minimum Gasteiger partial charge on any atom is -0.491 e. The van der Waals surface area contributed by atoms with E-state index in [0.717, 1.165) is 13.0 Å². The van der Waals surface area contributed by atoms with Gasteiger partial charge in [0.15, 0.2) is 0 Å². The molecule has 1 aromatic carbocycles. The Bertz CT molecular complexity index is 572. The molecular formula is C17H19ClO4. The lowest BCUT2D eigenvalue weighted by atomic mass is 9.92. The number of aliphatic hydroxyl groups excluding tert-OH is 1. The molecule has 5 heteroatoms. The summed E-state index contributed by atoms with van der Waals surface area (Å²) in [4.78, 5) is 12.0. The summed E-state index contributed by atoms with van der Waals surface area (Å²) in [5.41, 5.74) is 0. The molecule has 0 spiro atoms. The maximum atomic E-state index is 12.0. The molecule has 1 N–H and O–H groups in total. The molecule has 1 heterocycles. The van der Waals surface area contributed by atoms with Crippen LogP contribution in [0, 0.1) is 11.8 Å². The van der Waals surface area contributed by atoms with Crippen molar-refractivity contribution in [2.45, 2.75) is 25.0 Å². The average molecular weight is 323 g/mol. The normalized spacial score (nSPS) is 29.0. The van der Waals surface area contributed by atoms with Gasteiger partial charge >= 0.3 is 0 Å². The highest BCUT2D eigenvalue weighted by Gasteiger charge is 2.44. The molecule has 2 aliphatic rings. The van der Waals surface area contributed by atoms with Gasteiger partial charge in [-0.2, -0.15) is 0 Å². The van der Waals surface area contributed by atoms with Gasteiger partial charge in [-0.15, -0.1) is 0 Å². The third kappa shape index (κ3) is 3.51. The largest absolute Gasteiger partial charge is 0.491 e. The SMILES string of the molecule is O=C1C[C@H]2OCC[C@@H]2[C@H]1/C=C/[C@@H](O)COc1cccc(Cl)c1. The lowest BCUT2D eigenvalue weighted by Crippen LogP contribution is -2.18. The summed E-state index contributed by atoms with van der Waals surface area (Å²) in [5, 5.41) is 10.6. The Balaban J connectivity index is 1.53. The smallest absolute Gasteiger partial charge is 0.142 e. The zero-order chi connectivity index (χ0) is 15.5. The molecule has 0 bridgehead atoms. The number of Topliss-reactive ketones (excluding diaryl/α,β-unsaturated/α-hetero) is 1. The molecule has 2 fully saturated rings. The van der Waals surface area contributed by atoms with E-state index in [1.54, 1.807) is 30.3 Å². The van der Waals surface area contributed by atoms with Crippen molar-refractivity contribution in [3.8, 4) is 5.75 Å². The highest BCUT2D eigenvalue weighted by Crippen LogP contribution is 2.39. The molecule has 0 aromatic heterocycles. The number of fused-ring (bicyclic) bond motifs is 1. The van der Waals surface area contributed by atoms with Crippen LogP contribution < -0.4 is 4.74 Å². The molecule has 4 atom stereocenters. The molecule has 1 aromatic rings. The fraction of sp³-hybridized carbons (Fsp3) is 0.471. The van der Waals surface area contributed by atoms with Crippen LogP contribution in [0.25, 0.3) is 0 Å². The number of hydrogen-bond donors (Lipinski definition) is 1. The van der Waals surface area contributed by atoms with Gasteiger partial charge < -0.3 is 14.6 Å². The van der Waals surface area contributed by atoms with Crippen molar-refractivity contribution < 1.29 is 19.4 Å². The van der Waals surface area contributed by atoms with Gasteiger partial charge in [0.05, 0.1) is 6.10 Å². The first-order valence-corrected chi connectivity index (χ1v) is 7.90. The molecule has 118 valence electrons. The van der Waals surface area contributed by atoms with Crippen molar-refractivity contribution in [1.29, 1.82) is 0 Å². The fourth-order valence-electron chi connectivity index (χ4n) is 3.15. The van der Waals surface area contributed by atoms with Crippen LogP contribution in [0.5, 0.6) is 5.75 Å². The predicted molar refractivity (Wildman–Crippen MR) is 83.1 cm³/mol. The van der Waals surface area contributed by atoms with Crippen molar-refractivity contribution in [3.63, 3.8) is 0 Å². The summed E-state index contributed by atoms with van der Waals surface area (Å²) in [6, 6.07) is 7.02. The van der Waals surface area contributed by atoms with E-state index in [1.807, 2.05) is 6.08 Å². The second kappa shape index (κ2) is 6.82. The van der Waals surface area contributed by atoms with E-state index in [4.69, 9.17) is 21.1 Å². The number of rotatable bonds is 5. The number of ketones is 1. The highest BCUT2D eigenvalue weighted by atomic mass is 35.5. The lowest BCUT2D eigenvalue weighted by Gasteiger charge is -2.13. The second-order valence-corrected chi connectivity index (χ2v) is 6.22. The number of aliphatic hydroxyl groups is 1. The second-order valence-electron chi connectivity index (χ2n) is 5.78. The molecule has 0 unspecified atom stereocenters. The Morgan fingerprint density at radius 2 is 2.36 bits per heavy atom. The standard InChI is InChI=1S/C17H19ClO4/c18-11-2-1-3-13(8-11)22-10-12(19)4-5-14-15-6-7-21-17(15)9-16(14)20/h1-5,8,12,14-15,17,19H,6-7,9-10H2/b5-4+/t12-,14-,15-,17-/m1/s1. The summed E-state index contributed by atoms with van der Waals surface area (Å²) < 4.78 is 11.0. The van der Waals surface area contributed by atoms with Crippen LogP contribution >= 0.6 is 11.6 Å². The van der Waals surface area contributed by atoms with Crippen LogP contribution in [-0.4, -0.2) is 36.3 Å². The van der Waals surface area contributed by atoms with Crippen molar-refractivity contribution >= 4 is 17.4 Å². The molecule has 1 saturated heterocycles. The lowest BCUT2D eigenvalue weighted by molar-refractivity contribution is -0.120. The summed E-state index contributed by atoms with van der Waals surface area (Å²) in [6.45, 7) is 0.857. The first-order chi connectivity index (χ1) is 10.6. The molecule has 1 aliphatic heterocycles. The van der Waals surface area contributed by atoms with E-state index in [1.165, 1.54) is 0 Å². The molecular weight excluding hydrogens is 304 g/mol. The van der Waals surface area contributed by atoms with Crippen molar-refractivity contribution in [2.24, 2.45) is 11.8 Å². The van der Waals surface area contributed by atoms with Gasteiger partial charge in [0.25, 0.3) is 0 Å². The number of allylic oxidation sites excluding steroid dienone is 1. The summed E-state index contributed by atoms with van der Waals surface area (Å²) in [7, 11) is 0. The van der Waals surface area contributed by atoms with Crippen molar-refractivity contribution in [1.82, 2.24) is 0 Å². The van der Waals surface area contributed by atoms with Crippen LogP contribution in [0.4, 0.5) is 0 Å². The number of halogens is 1. The van der Waals surface area contributed by atoms with E-state index in [2.05, 4.69) is 0 Å². The number of hydrogen-bond acceptors (Lipinski definition) is 4. The Labute approximate surface area is 134 Å². The number of benzene rings is 1. The van der Waals surface area contributed by atoms with E-state index >= 15 is 0 Å². The minimum absolute atomic E-state index is 0.0713. The van der Waals surface area contributed by atoms with Crippen molar-refractivity contribution in [3.05, 3.63) is 41.4 Å². The van der Waals surface area contributed by atoms with Gasteiger partial charge in [-0.3, -0.25) is 4.79 Å². The molecule has 0 radical (unpaired) electrons. The number of carbonyl (C=O) groups is 1. The van der Waals surface area contributed by atoms with Gasteiger partial charge in [-0.25, -0.2) is 0 Å². The van der Waals surface area contributed by atoms with Crippen LogP contribution in [0.2, 0.25) is 5.02 Å². The summed E-state index contributed by atoms with van der Waals surface area (Å²) >= 11 is 5.87. The summed E-state index contributed by atoms with van der Waals surface area (Å²) in [5.74, 6) is 0.952. The van der Waals surface area contributed by atoms with Gasteiger partial charge in [0, 0.05) is 29.9 Å². The Morgan fingerprint density at radius 3 is 3.18 bits per heavy atom. The van der Waals surface area contributed by atoms with E-state index in [-0.39, 0.29) is 30.3 Å². The average Bonchev–Trinajstić information content (AvgIpc) is 3.04. The molecule has 4 nitrogen and oxygen atoms in total. The van der Waals surface area contributed by atoms with Gasteiger partial charge in [0.1, 0.15) is 24.2 Å². The maximum absolute atomic E-state index is 12.0. The zero-order valence-corrected chi connectivity index (χ0v) is 12.9. The minimum atomic E-state index is -0.756. The van der Waals surface area contributed by atoms with E-state index < -0.39 is 6.10 Å². The Hall–Kier alpha value is -1.36. The maximum Gasteiger partial charge on any atom is 0.142 e. The molecule has 1 aliphatic carbocycles. The van der Waals surface area contributed by atoms with Crippen molar-refractivity contribution in [2.75, 3.05) is 13.2 Å². The van der Waals surface area contributed by atoms with Crippen LogP contribution in [0.15, 0.2) is 36.4 Å². The fourth-order valence-corrected chi connectivity index (χ4v) is 3.33. The molecule has 22 heavy (non-hydrogen) atoms. The Morgan fingerprint density at radius 1 is 1.50 bits per heavy atom. The third-order valence-corrected chi connectivity index (χ3v) is 4.49. The van der Waals surface area contributed by atoms with Gasteiger partial charge in [0.2, 0.25) is 0 Å². The highest BCUT2D eigenvalue weighted by molar-refractivity contribution is 6.30. The molecule has 0 amide bonds. The van der Waals surface area contributed by atoms with Crippen LogP contribution in [0.3, 0.4) is 0 Å². The van der Waals surface area contributed by atoms with Gasteiger partial charge in [-0.1, -0.05) is 29.8 Å². The molecule has 1 saturated carbocycles. The van der Waals surface area contributed by atoms with Gasteiger partial charge in [-0.05, 0) is 24.6 Å². The topological polar surface area (TPSA) is 55.8 Å². The molecule has 3 rings (SSSR count). The Kier molecular flexibility index (Phi) is 4.81. The first kappa shape index (κ1) is 15.5. The van der Waals surface area contributed by atoms with E-state index in [9.17, 15) is 9.90 Å². The summed E-state index contributed by atoms with van der Waals surface area (Å²) in [6.07, 6.45) is 4.19. The van der Waals surface area contributed by atoms with Crippen LogP contribution in [0.1, 0.15) is 12.8 Å².